The molecule has 0 aromatic heterocycles. The molecule has 4 N–H and O–H groups in total. The highest BCUT2D eigenvalue weighted by Gasteiger charge is 2.14. The molecule has 3 aromatic carbocycles. The Hall–Kier alpha value is -3.14. The van der Waals surface area contributed by atoms with Crippen molar-refractivity contribution in [3.05, 3.63) is 78.9 Å². The number of hydrogen-bond acceptors (Lipinski definition) is 4. The summed E-state index contributed by atoms with van der Waals surface area (Å²) in [6.45, 7) is 13.2. The van der Waals surface area contributed by atoms with Gasteiger partial charge in [0.15, 0.2) is 0 Å². The van der Waals surface area contributed by atoms with Crippen molar-refractivity contribution in [1.82, 2.24) is 0 Å². The van der Waals surface area contributed by atoms with Gasteiger partial charge < -0.3 is 21.3 Å². The predicted octanol–water partition coefficient (Wildman–Crippen LogP) is 8.31. The van der Waals surface area contributed by atoms with Crippen LogP contribution in [0.1, 0.15) is 60.8 Å². The highest BCUT2D eigenvalue weighted by Crippen LogP contribution is 2.29. The Labute approximate surface area is 207 Å². The summed E-state index contributed by atoms with van der Waals surface area (Å²) >= 11 is 0. The standard InChI is InChI=1S/C16H20N2.C14H24N2/c1-3-13(2)18(15-7-5-4-6-8-15)16-11-9-14(17)10-12-16;1-5-11(3)15-13-7-9-14(10-8-13)16-12(4)6-2/h4-13H,3,17H2,1-2H3;7-12,15-16H,5-6H2,1-4H3. The molecule has 0 saturated carbocycles. The Kier molecular flexibility index (Phi) is 11.3. The molecule has 0 spiro atoms. The Bertz CT molecular complexity index is 891. The third kappa shape index (κ3) is 8.66. The molecular formula is C30H44N4. The van der Waals surface area contributed by atoms with Gasteiger partial charge in [-0.25, -0.2) is 0 Å². The van der Waals surface area contributed by atoms with Gasteiger partial charge in [-0.15, -0.1) is 0 Å². The summed E-state index contributed by atoms with van der Waals surface area (Å²) in [6, 6.07) is 28.6. The third-order valence-corrected chi connectivity index (χ3v) is 6.17. The zero-order valence-corrected chi connectivity index (χ0v) is 21.9. The van der Waals surface area contributed by atoms with E-state index in [2.05, 4.69) is 118 Å². The normalized spacial score (nSPS) is 13.1. The van der Waals surface area contributed by atoms with Crippen LogP contribution in [0.5, 0.6) is 0 Å². The molecule has 0 radical (unpaired) electrons. The van der Waals surface area contributed by atoms with E-state index < -0.39 is 0 Å². The summed E-state index contributed by atoms with van der Waals surface area (Å²) in [5.74, 6) is 0. The van der Waals surface area contributed by atoms with E-state index in [1.807, 2.05) is 18.2 Å². The van der Waals surface area contributed by atoms with Gasteiger partial charge in [0.1, 0.15) is 0 Å². The zero-order chi connectivity index (χ0) is 24.9. The van der Waals surface area contributed by atoms with Crippen molar-refractivity contribution in [3.63, 3.8) is 0 Å². The second kappa shape index (κ2) is 14.2. The van der Waals surface area contributed by atoms with Gasteiger partial charge >= 0.3 is 0 Å². The molecule has 0 saturated heterocycles. The van der Waals surface area contributed by atoms with E-state index in [9.17, 15) is 0 Å². The molecule has 0 aliphatic rings. The van der Waals surface area contributed by atoms with Crippen LogP contribution in [-0.4, -0.2) is 18.1 Å². The van der Waals surface area contributed by atoms with Crippen LogP contribution in [0.3, 0.4) is 0 Å². The van der Waals surface area contributed by atoms with Crippen molar-refractivity contribution in [3.8, 4) is 0 Å². The van der Waals surface area contributed by atoms with E-state index in [1.54, 1.807) is 0 Å². The maximum atomic E-state index is 5.76. The van der Waals surface area contributed by atoms with Crippen molar-refractivity contribution < 1.29 is 0 Å². The molecule has 34 heavy (non-hydrogen) atoms. The zero-order valence-electron chi connectivity index (χ0n) is 21.9. The minimum Gasteiger partial charge on any atom is -0.399 e. The second-order valence-corrected chi connectivity index (χ2v) is 9.04. The first-order valence-electron chi connectivity index (χ1n) is 12.7. The van der Waals surface area contributed by atoms with E-state index in [-0.39, 0.29) is 0 Å². The lowest BCUT2D eigenvalue weighted by molar-refractivity contribution is 0.688. The van der Waals surface area contributed by atoms with E-state index in [4.69, 9.17) is 5.73 Å². The van der Waals surface area contributed by atoms with Crippen LogP contribution in [0.2, 0.25) is 0 Å². The van der Waals surface area contributed by atoms with Crippen LogP contribution in [0.15, 0.2) is 78.9 Å². The Morgan fingerprint density at radius 2 is 1.06 bits per heavy atom. The number of nitrogens with zero attached hydrogens (tertiary/aromatic N) is 1. The summed E-state index contributed by atoms with van der Waals surface area (Å²) in [7, 11) is 0. The van der Waals surface area contributed by atoms with Crippen molar-refractivity contribution in [2.75, 3.05) is 21.3 Å². The highest BCUT2D eigenvalue weighted by atomic mass is 15.2. The summed E-state index contributed by atoms with van der Waals surface area (Å²) < 4.78 is 0. The number of rotatable bonds is 10. The number of para-hydroxylation sites is 1. The Morgan fingerprint density at radius 1 is 0.618 bits per heavy atom. The van der Waals surface area contributed by atoms with Gasteiger partial charge in [0.2, 0.25) is 0 Å². The smallest absolute Gasteiger partial charge is 0.0414 e. The average Bonchev–Trinajstić information content (AvgIpc) is 2.87. The van der Waals surface area contributed by atoms with Crippen LogP contribution in [0, 0.1) is 0 Å². The van der Waals surface area contributed by atoms with Gasteiger partial charge in [0.25, 0.3) is 0 Å². The topological polar surface area (TPSA) is 53.3 Å². The van der Waals surface area contributed by atoms with E-state index in [0.717, 1.165) is 24.9 Å². The number of nitrogen functional groups attached to an aromatic ring is 1. The minimum absolute atomic E-state index is 0.455. The highest BCUT2D eigenvalue weighted by molar-refractivity contribution is 5.65. The lowest BCUT2D eigenvalue weighted by Gasteiger charge is -2.31. The second-order valence-electron chi connectivity index (χ2n) is 9.04. The van der Waals surface area contributed by atoms with Crippen LogP contribution in [0.4, 0.5) is 28.4 Å². The third-order valence-electron chi connectivity index (χ3n) is 6.17. The minimum atomic E-state index is 0.455. The predicted molar refractivity (Wildman–Crippen MR) is 152 cm³/mol. The number of benzene rings is 3. The Morgan fingerprint density at radius 3 is 1.47 bits per heavy atom. The first-order chi connectivity index (χ1) is 16.4. The maximum Gasteiger partial charge on any atom is 0.0414 e. The fourth-order valence-electron chi connectivity index (χ4n) is 3.50. The summed E-state index contributed by atoms with van der Waals surface area (Å²) in [6.07, 6.45) is 3.39. The lowest BCUT2D eigenvalue weighted by Crippen LogP contribution is -2.27. The fraction of sp³-hybridized carbons (Fsp3) is 0.400. The quantitative estimate of drug-likeness (QED) is 0.266. The number of anilines is 5. The van der Waals surface area contributed by atoms with Gasteiger partial charge in [-0.1, -0.05) is 39.0 Å². The van der Waals surface area contributed by atoms with E-state index in [1.165, 1.54) is 22.7 Å². The number of nitrogens with two attached hydrogens (primary N) is 1. The van der Waals surface area contributed by atoms with Crippen LogP contribution in [-0.2, 0) is 0 Å². The molecule has 0 fully saturated rings. The van der Waals surface area contributed by atoms with Crippen LogP contribution in [0.25, 0.3) is 0 Å². The molecule has 0 heterocycles. The average molecular weight is 461 g/mol. The van der Waals surface area contributed by atoms with Crippen molar-refractivity contribution in [1.29, 1.82) is 0 Å². The molecule has 3 aromatic rings. The van der Waals surface area contributed by atoms with Crippen LogP contribution >= 0.6 is 0 Å². The summed E-state index contributed by atoms with van der Waals surface area (Å²) in [5.41, 5.74) is 11.4. The lowest BCUT2D eigenvalue weighted by atomic mass is 10.1. The number of nitrogens with one attached hydrogen (secondary N) is 2. The van der Waals surface area contributed by atoms with Gasteiger partial charge in [0, 0.05) is 46.6 Å². The molecular weight excluding hydrogens is 416 g/mol. The monoisotopic (exact) mass is 460 g/mol. The van der Waals surface area contributed by atoms with Gasteiger partial charge in [0.05, 0.1) is 0 Å². The SMILES string of the molecule is CCC(C)N(c1ccccc1)c1ccc(N)cc1.CCC(C)Nc1ccc(NC(C)CC)cc1. The summed E-state index contributed by atoms with van der Waals surface area (Å²) in [5, 5.41) is 6.92. The van der Waals surface area contributed by atoms with Crippen molar-refractivity contribution in [2.45, 2.75) is 78.9 Å². The molecule has 0 aliphatic carbocycles. The molecule has 184 valence electrons. The maximum absolute atomic E-state index is 5.76. The molecule has 0 amide bonds. The molecule has 0 aliphatic heterocycles. The van der Waals surface area contributed by atoms with Crippen LogP contribution < -0.4 is 21.3 Å². The molecule has 3 unspecified atom stereocenters. The number of hydrogen-bond donors (Lipinski definition) is 3. The molecule has 3 atom stereocenters. The largest absolute Gasteiger partial charge is 0.399 e. The van der Waals surface area contributed by atoms with Gasteiger partial charge in [-0.05, 0) is 101 Å². The molecule has 4 nitrogen and oxygen atoms in total. The van der Waals surface area contributed by atoms with Gasteiger partial charge in [-0.2, -0.15) is 0 Å². The first kappa shape index (κ1) is 27.1. The van der Waals surface area contributed by atoms with Crippen molar-refractivity contribution >= 4 is 28.4 Å². The summed E-state index contributed by atoms with van der Waals surface area (Å²) in [4.78, 5) is 2.35. The van der Waals surface area contributed by atoms with E-state index >= 15 is 0 Å². The fourth-order valence-corrected chi connectivity index (χ4v) is 3.50. The van der Waals surface area contributed by atoms with E-state index in [0.29, 0.717) is 18.1 Å². The Balaban J connectivity index is 0.000000242. The molecule has 0 bridgehead atoms. The first-order valence-corrected chi connectivity index (χ1v) is 12.7. The molecule has 3 rings (SSSR count). The van der Waals surface area contributed by atoms with Gasteiger partial charge in [-0.3, -0.25) is 0 Å². The molecule has 4 heteroatoms. The van der Waals surface area contributed by atoms with Crippen molar-refractivity contribution in [2.24, 2.45) is 0 Å².